The molecular formula is C14H19FN2. The Labute approximate surface area is 101 Å². The first-order valence-corrected chi connectivity index (χ1v) is 6.01. The van der Waals surface area contributed by atoms with Crippen LogP contribution in [-0.2, 0) is 6.42 Å². The molecule has 0 spiro atoms. The lowest BCUT2D eigenvalue weighted by molar-refractivity contribution is 0.211. The molecule has 2 aromatic rings. The number of nitrogens with one attached hydrogen (secondary N) is 2. The third-order valence-electron chi connectivity index (χ3n) is 2.79. The number of halogens is 1. The molecule has 0 radical (unpaired) electrons. The molecule has 0 saturated carbocycles. The number of fused-ring (bicyclic) bond motifs is 1. The van der Waals surface area contributed by atoms with Crippen LogP contribution < -0.4 is 5.32 Å². The highest BCUT2D eigenvalue weighted by molar-refractivity contribution is 5.83. The molecule has 3 heteroatoms. The van der Waals surface area contributed by atoms with Crippen LogP contribution in [0.2, 0.25) is 0 Å². The van der Waals surface area contributed by atoms with Gasteiger partial charge in [0, 0.05) is 23.6 Å². The Bertz CT molecular complexity index is 482. The molecule has 2 N–H and O–H groups in total. The minimum absolute atomic E-state index is 0.398. The van der Waals surface area contributed by atoms with Crippen LogP contribution in [0.1, 0.15) is 19.4 Å². The van der Waals surface area contributed by atoms with E-state index in [1.165, 1.54) is 10.9 Å². The average Bonchev–Trinajstić information content (AvgIpc) is 2.67. The molecule has 0 amide bonds. The van der Waals surface area contributed by atoms with Crippen LogP contribution >= 0.6 is 0 Å². The van der Waals surface area contributed by atoms with Crippen molar-refractivity contribution in [3.8, 4) is 0 Å². The lowest BCUT2D eigenvalue weighted by Gasteiger charge is -2.14. The summed E-state index contributed by atoms with van der Waals surface area (Å²) in [7, 11) is 0. The Balaban J connectivity index is 1.91. The maximum absolute atomic E-state index is 13.2. The molecule has 0 saturated heterocycles. The molecule has 1 aromatic carbocycles. The first-order valence-electron chi connectivity index (χ1n) is 6.01. The van der Waals surface area contributed by atoms with E-state index < -0.39 is 5.67 Å². The predicted octanol–water partition coefficient (Wildman–Crippen LogP) is 3.05. The monoisotopic (exact) mass is 234 g/mol. The fourth-order valence-electron chi connectivity index (χ4n) is 1.95. The van der Waals surface area contributed by atoms with Gasteiger partial charge in [-0.2, -0.15) is 0 Å². The minimum Gasteiger partial charge on any atom is -0.361 e. The van der Waals surface area contributed by atoms with Crippen LogP contribution in [0.4, 0.5) is 4.39 Å². The maximum atomic E-state index is 13.2. The Hall–Kier alpha value is -1.35. The van der Waals surface area contributed by atoms with Crippen molar-refractivity contribution in [2.75, 3.05) is 13.1 Å². The average molecular weight is 234 g/mol. The topological polar surface area (TPSA) is 27.8 Å². The standard InChI is InChI=1S/C14H19FN2/c1-14(2,15)10-16-8-7-11-9-17-13-6-4-3-5-12(11)13/h3-6,9,16-17H,7-8,10H2,1-2H3. The predicted molar refractivity (Wildman–Crippen MR) is 70.1 cm³/mol. The number of benzene rings is 1. The number of alkyl halides is 1. The quantitative estimate of drug-likeness (QED) is 0.765. The molecule has 1 heterocycles. The van der Waals surface area contributed by atoms with Gasteiger partial charge in [-0.15, -0.1) is 0 Å². The van der Waals surface area contributed by atoms with Gasteiger partial charge in [0.05, 0.1) is 0 Å². The van der Waals surface area contributed by atoms with Gasteiger partial charge in [-0.25, -0.2) is 4.39 Å². The summed E-state index contributed by atoms with van der Waals surface area (Å²) < 4.78 is 13.2. The summed E-state index contributed by atoms with van der Waals surface area (Å²) in [6.45, 7) is 4.38. The van der Waals surface area contributed by atoms with Crippen molar-refractivity contribution in [2.45, 2.75) is 25.9 Å². The van der Waals surface area contributed by atoms with Crippen LogP contribution in [0.5, 0.6) is 0 Å². The van der Waals surface area contributed by atoms with Crippen LogP contribution in [0, 0.1) is 0 Å². The summed E-state index contributed by atoms with van der Waals surface area (Å²) in [5.41, 5.74) is 1.30. The van der Waals surface area contributed by atoms with Gasteiger partial charge in [0.25, 0.3) is 0 Å². The Morgan fingerprint density at radius 2 is 2.06 bits per heavy atom. The summed E-state index contributed by atoms with van der Waals surface area (Å²) in [5.74, 6) is 0. The molecule has 0 aliphatic rings. The van der Waals surface area contributed by atoms with Gasteiger partial charge in [-0.1, -0.05) is 18.2 Å². The highest BCUT2D eigenvalue weighted by atomic mass is 19.1. The summed E-state index contributed by atoms with van der Waals surface area (Å²) >= 11 is 0. The molecule has 2 rings (SSSR count). The van der Waals surface area contributed by atoms with Crippen LogP contribution in [0.25, 0.3) is 10.9 Å². The molecule has 17 heavy (non-hydrogen) atoms. The highest BCUT2D eigenvalue weighted by Gasteiger charge is 2.13. The molecular weight excluding hydrogens is 215 g/mol. The van der Waals surface area contributed by atoms with Crippen LogP contribution in [-0.4, -0.2) is 23.7 Å². The Morgan fingerprint density at radius 3 is 2.82 bits per heavy atom. The maximum Gasteiger partial charge on any atom is 0.117 e. The Morgan fingerprint density at radius 1 is 1.29 bits per heavy atom. The first kappa shape index (κ1) is 12.1. The van der Waals surface area contributed by atoms with Gasteiger partial charge in [-0.3, -0.25) is 0 Å². The number of aromatic amines is 1. The molecule has 0 atom stereocenters. The number of aromatic nitrogens is 1. The minimum atomic E-state index is -1.14. The van der Waals surface area contributed by atoms with E-state index >= 15 is 0 Å². The summed E-state index contributed by atoms with van der Waals surface area (Å²) in [6, 6.07) is 8.24. The van der Waals surface area contributed by atoms with E-state index in [9.17, 15) is 4.39 Å². The van der Waals surface area contributed by atoms with E-state index in [0.717, 1.165) is 18.5 Å². The molecule has 1 aromatic heterocycles. The number of H-pyrrole nitrogens is 1. The number of para-hydroxylation sites is 1. The van der Waals surface area contributed by atoms with E-state index in [0.29, 0.717) is 6.54 Å². The molecule has 92 valence electrons. The fourth-order valence-corrected chi connectivity index (χ4v) is 1.95. The second kappa shape index (κ2) is 4.88. The van der Waals surface area contributed by atoms with Gasteiger partial charge >= 0.3 is 0 Å². The van der Waals surface area contributed by atoms with Gasteiger partial charge < -0.3 is 10.3 Å². The molecule has 0 unspecified atom stereocenters. The molecule has 0 aliphatic carbocycles. The third kappa shape index (κ3) is 3.30. The van der Waals surface area contributed by atoms with Crippen molar-refractivity contribution in [2.24, 2.45) is 0 Å². The van der Waals surface area contributed by atoms with E-state index in [-0.39, 0.29) is 0 Å². The van der Waals surface area contributed by atoms with Gasteiger partial charge in [0.2, 0.25) is 0 Å². The van der Waals surface area contributed by atoms with Gasteiger partial charge in [0.1, 0.15) is 5.67 Å². The zero-order chi connectivity index (χ0) is 12.3. The summed E-state index contributed by atoms with van der Waals surface area (Å²) in [5, 5.41) is 4.40. The lowest BCUT2D eigenvalue weighted by atomic mass is 10.1. The SMILES string of the molecule is CC(C)(F)CNCCc1c[nH]c2ccccc12. The van der Waals surface area contributed by atoms with Crippen molar-refractivity contribution in [1.82, 2.24) is 10.3 Å². The second-order valence-electron chi connectivity index (χ2n) is 5.00. The Kier molecular flexibility index (Phi) is 3.48. The molecule has 2 nitrogen and oxygen atoms in total. The normalized spacial score (nSPS) is 12.2. The highest BCUT2D eigenvalue weighted by Crippen LogP contribution is 2.17. The van der Waals surface area contributed by atoms with Crippen molar-refractivity contribution < 1.29 is 4.39 Å². The van der Waals surface area contributed by atoms with Crippen molar-refractivity contribution in [3.05, 3.63) is 36.0 Å². The van der Waals surface area contributed by atoms with Crippen molar-refractivity contribution >= 4 is 10.9 Å². The summed E-state index contributed by atoms with van der Waals surface area (Å²) in [6.07, 6.45) is 2.95. The largest absolute Gasteiger partial charge is 0.361 e. The van der Waals surface area contributed by atoms with Gasteiger partial charge in [0.15, 0.2) is 0 Å². The smallest absolute Gasteiger partial charge is 0.117 e. The molecule has 0 aliphatic heterocycles. The van der Waals surface area contributed by atoms with Gasteiger partial charge in [-0.05, 0) is 38.4 Å². The zero-order valence-corrected chi connectivity index (χ0v) is 10.4. The lowest BCUT2D eigenvalue weighted by Crippen LogP contribution is -2.32. The van der Waals surface area contributed by atoms with E-state index in [2.05, 4.69) is 22.4 Å². The fraction of sp³-hybridized carbons (Fsp3) is 0.429. The van der Waals surface area contributed by atoms with Crippen LogP contribution in [0.3, 0.4) is 0 Å². The van der Waals surface area contributed by atoms with Crippen molar-refractivity contribution in [3.63, 3.8) is 0 Å². The molecule has 0 bridgehead atoms. The number of rotatable bonds is 5. The third-order valence-corrected chi connectivity index (χ3v) is 2.79. The van der Waals surface area contributed by atoms with Crippen molar-refractivity contribution in [1.29, 1.82) is 0 Å². The summed E-state index contributed by atoms with van der Waals surface area (Å²) in [4.78, 5) is 3.24. The second-order valence-corrected chi connectivity index (χ2v) is 5.00. The number of hydrogen-bond donors (Lipinski definition) is 2. The van der Waals surface area contributed by atoms with Crippen LogP contribution in [0.15, 0.2) is 30.5 Å². The van der Waals surface area contributed by atoms with E-state index in [4.69, 9.17) is 0 Å². The first-order chi connectivity index (χ1) is 8.06. The van der Waals surface area contributed by atoms with E-state index in [1.807, 2.05) is 18.3 Å². The zero-order valence-electron chi connectivity index (χ0n) is 10.4. The number of hydrogen-bond acceptors (Lipinski definition) is 1. The molecule has 0 fully saturated rings. The van der Waals surface area contributed by atoms with E-state index in [1.54, 1.807) is 13.8 Å².